The second-order valence-corrected chi connectivity index (χ2v) is 7.16. The number of carbonyl (C=O) groups excluding carboxylic acids is 2. The first-order valence-electron chi connectivity index (χ1n) is 7.30. The van der Waals surface area contributed by atoms with Gasteiger partial charge in [0.15, 0.2) is 0 Å². The van der Waals surface area contributed by atoms with Crippen molar-refractivity contribution in [3.63, 3.8) is 0 Å². The Bertz CT molecular complexity index is 680. The van der Waals surface area contributed by atoms with E-state index in [2.05, 4.69) is 15.6 Å². The second kappa shape index (κ2) is 9.66. The van der Waals surface area contributed by atoms with Gasteiger partial charge in [0.1, 0.15) is 6.04 Å². The predicted molar refractivity (Wildman–Crippen MR) is 99.7 cm³/mol. The Hall–Kier alpha value is -1.57. The molecular formula is C16H18ClN3O2S2. The van der Waals surface area contributed by atoms with Gasteiger partial charge in [-0.3, -0.25) is 9.59 Å². The number of hydrogen-bond donors (Lipinski definition) is 2. The van der Waals surface area contributed by atoms with E-state index in [9.17, 15) is 9.59 Å². The fourth-order valence-corrected chi connectivity index (χ4v) is 3.22. The molecule has 0 aliphatic carbocycles. The molecule has 24 heavy (non-hydrogen) atoms. The van der Waals surface area contributed by atoms with E-state index < -0.39 is 6.04 Å². The molecule has 2 amide bonds. The van der Waals surface area contributed by atoms with E-state index in [1.807, 2.05) is 11.6 Å². The van der Waals surface area contributed by atoms with Gasteiger partial charge in [-0.1, -0.05) is 17.7 Å². The van der Waals surface area contributed by atoms with Crippen LogP contribution in [0, 0.1) is 0 Å². The molecule has 0 aliphatic rings. The molecule has 1 atom stereocenters. The van der Waals surface area contributed by atoms with E-state index in [1.54, 1.807) is 41.5 Å². The number of amides is 2. The van der Waals surface area contributed by atoms with Crippen molar-refractivity contribution in [1.29, 1.82) is 0 Å². The van der Waals surface area contributed by atoms with Gasteiger partial charge in [0.05, 0.1) is 17.7 Å². The van der Waals surface area contributed by atoms with Gasteiger partial charge in [-0.25, -0.2) is 4.98 Å². The minimum atomic E-state index is -0.595. The smallest absolute Gasteiger partial charge is 0.251 e. The molecule has 2 rings (SSSR count). The first-order valence-corrected chi connectivity index (χ1v) is 10.0. The molecule has 0 bridgehead atoms. The lowest BCUT2D eigenvalue weighted by molar-refractivity contribution is -0.123. The van der Waals surface area contributed by atoms with Crippen molar-refractivity contribution in [3.05, 3.63) is 51.4 Å². The number of hydrogen-bond acceptors (Lipinski definition) is 5. The Balaban J connectivity index is 1.98. The average molecular weight is 384 g/mol. The third-order valence-electron chi connectivity index (χ3n) is 3.25. The van der Waals surface area contributed by atoms with Crippen molar-refractivity contribution in [1.82, 2.24) is 15.6 Å². The summed E-state index contributed by atoms with van der Waals surface area (Å²) in [6.07, 6.45) is 2.51. The number of nitrogens with zero attached hydrogens (tertiary/aromatic N) is 1. The Morgan fingerprint density at radius 1 is 1.42 bits per heavy atom. The van der Waals surface area contributed by atoms with Gasteiger partial charge in [-0.05, 0) is 36.6 Å². The van der Waals surface area contributed by atoms with E-state index in [0.29, 0.717) is 23.6 Å². The quantitative estimate of drug-likeness (QED) is 0.735. The highest BCUT2D eigenvalue weighted by atomic mass is 35.5. The summed E-state index contributed by atoms with van der Waals surface area (Å²) in [5.74, 6) is 0.241. The Kier molecular flexibility index (Phi) is 7.55. The van der Waals surface area contributed by atoms with Gasteiger partial charge in [0.2, 0.25) is 5.91 Å². The van der Waals surface area contributed by atoms with Crippen molar-refractivity contribution in [2.75, 3.05) is 12.0 Å². The van der Waals surface area contributed by atoms with Crippen LogP contribution in [0.1, 0.15) is 22.5 Å². The highest BCUT2D eigenvalue weighted by molar-refractivity contribution is 7.98. The van der Waals surface area contributed by atoms with Gasteiger partial charge >= 0.3 is 0 Å². The minimum Gasteiger partial charge on any atom is -0.349 e. The summed E-state index contributed by atoms with van der Waals surface area (Å²) in [5, 5.41) is 7.96. The Morgan fingerprint density at radius 2 is 2.25 bits per heavy atom. The van der Waals surface area contributed by atoms with E-state index in [-0.39, 0.29) is 11.8 Å². The second-order valence-electron chi connectivity index (χ2n) is 5.02. The average Bonchev–Trinajstić information content (AvgIpc) is 3.09. The summed E-state index contributed by atoms with van der Waals surface area (Å²) < 4.78 is 0. The number of thiazole rings is 1. The molecule has 2 N–H and O–H groups in total. The Labute approximate surface area is 154 Å². The summed E-state index contributed by atoms with van der Waals surface area (Å²) in [5.41, 5.74) is 2.95. The zero-order chi connectivity index (χ0) is 17.4. The van der Waals surface area contributed by atoms with Crippen LogP contribution in [0.3, 0.4) is 0 Å². The molecule has 0 spiro atoms. The third-order valence-corrected chi connectivity index (χ3v) is 4.76. The van der Waals surface area contributed by atoms with Gasteiger partial charge < -0.3 is 10.6 Å². The van der Waals surface area contributed by atoms with Crippen molar-refractivity contribution in [3.8, 4) is 0 Å². The van der Waals surface area contributed by atoms with Crippen LogP contribution in [0.5, 0.6) is 0 Å². The zero-order valence-corrected chi connectivity index (χ0v) is 15.5. The predicted octanol–water partition coefficient (Wildman–Crippen LogP) is 2.96. The number of halogens is 1. The number of benzene rings is 1. The molecule has 5 nitrogen and oxygen atoms in total. The number of thioether (sulfide) groups is 1. The van der Waals surface area contributed by atoms with Crippen LogP contribution in [-0.2, 0) is 11.3 Å². The molecule has 0 saturated carbocycles. The lowest BCUT2D eigenvalue weighted by Crippen LogP contribution is -2.46. The van der Waals surface area contributed by atoms with E-state index in [0.717, 1.165) is 11.4 Å². The van der Waals surface area contributed by atoms with Gasteiger partial charge in [-0.2, -0.15) is 11.8 Å². The molecule has 8 heteroatoms. The first-order chi connectivity index (χ1) is 11.6. The molecule has 0 fully saturated rings. The van der Waals surface area contributed by atoms with Crippen LogP contribution in [0.25, 0.3) is 0 Å². The van der Waals surface area contributed by atoms with Crippen molar-refractivity contribution >= 4 is 46.5 Å². The third kappa shape index (κ3) is 5.81. The fraction of sp³-hybridized carbons (Fsp3) is 0.312. The molecule has 2 aromatic rings. The summed E-state index contributed by atoms with van der Waals surface area (Å²) in [7, 11) is 0. The maximum atomic E-state index is 12.4. The van der Waals surface area contributed by atoms with Crippen LogP contribution in [0.2, 0.25) is 5.02 Å². The lowest BCUT2D eigenvalue weighted by Gasteiger charge is -2.18. The minimum absolute atomic E-state index is 0.215. The molecule has 0 radical (unpaired) electrons. The highest BCUT2D eigenvalue weighted by Gasteiger charge is 2.21. The topological polar surface area (TPSA) is 71.1 Å². The number of aromatic nitrogens is 1. The van der Waals surface area contributed by atoms with Crippen LogP contribution in [0.4, 0.5) is 0 Å². The number of rotatable bonds is 8. The molecule has 1 unspecified atom stereocenters. The van der Waals surface area contributed by atoms with Crippen LogP contribution in [-0.4, -0.2) is 34.8 Å². The molecular weight excluding hydrogens is 366 g/mol. The van der Waals surface area contributed by atoms with Crippen LogP contribution in [0.15, 0.2) is 35.2 Å². The summed E-state index contributed by atoms with van der Waals surface area (Å²) in [4.78, 5) is 28.9. The molecule has 128 valence electrons. The molecule has 1 aromatic carbocycles. The normalized spacial score (nSPS) is 11.8. The van der Waals surface area contributed by atoms with Crippen LogP contribution >= 0.6 is 34.7 Å². The van der Waals surface area contributed by atoms with Crippen molar-refractivity contribution in [2.45, 2.75) is 19.0 Å². The van der Waals surface area contributed by atoms with Gasteiger partial charge in [0, 0.05) is 16.0 Å². The zero-order valence-electron chi connectivity index (χ0n) is 13.1. The number of carbonyl (C=O) groups is 2. The molecule has 0 aliphatic heterocycles. The fourth-order valence-electron chi connectivity index (χ4n) is 2.00. The Morgan fingerprint density at radius 3 is 2.92 bits per heavy atom. The van der Waals surface area contributed by atoms with E-state index in [1.165, 1.54) is 11.3 Å². The maximum Gasteiger partial charge on any atom is 0.251 e. The van der Waals surface area contributed by atoms with Gasteiger partial charge in [-0.15, -0.1) is 11.3 Å². The SMILES string of the molecule is CSCCC(NC(=O)c1cccc(Cl)c1)C(=O)NCc1cscn1. The van der Waals surface area contributed by atoms with Crippen LogP contribution < -0.4 is 10.6 Å². The summed E-state index contributed by atoms with van der Waals surface area (Å²) in [6.45, 7) is 0.352. The highest BCUT2D eigenvalue weighted by Crippen LogP contribution is 2.11. The summed E-state index contributed by atoms with van der Waals surface area (Å²) in [6, 6.07) is 6.05. The van der Waals surface area contributed by atoms with Gasteiger partial charge in [0.25, 0.3) is 5.91 Å². The van der Waals surface area contributed by atoms with Crippen molar-refractivity contribution < 1.29 is 9.59 Å². The first kappa shape index (κ1) is 18.8. The summed E-state index contributed by atoms with van der Waals surface area (Å²) >= 11 is 9.01. The molecule has 1 heterocycles. The van der Waals surface area contributed by atoms with E-state index >= 15 is 0 Å². The van der Waals surface area contributed by atoms with Crippen molar-refractivity contribution in [2.24, 2.45) is 0 Å². The molecule has 0 saturated heterocycles. The monoisotopic (exact) mass is 383 g/mol. The largest absolute Gasteiger partial charge is 0.349 e. The lowest BCUT2D eigenvalue weighted by atomic mass is 10.1. The number of nitrogens with one attached hydrogen (secondary N) is 2. The standard InChI is InChI=1S/C16H18ClN3O2S2/c1-23-6-5-14(16(22)18-8-13-9-24-10-19-13)20-15(21)11-3-2-4-12(17)7-11/h2-4,7,9-10,14H,5-6,8H2,1H3,(H,18,22)(H,20,21). The maximum absolute atomic E-state index is 12.4. The molecule has 1 aromatic heterocycles. The van der Waals surface area contributed by atoms with E-state index in [4.69, 9.17) is 11.6 Å².